The summed E-state index contributed by atoms with van der Waals surface area (Å²) in [6, 6.07) is 16.2. The van der Waals surface area contributed by atoms with Gasteiger partial charge in [0, 0.05) is 16.3 Å². The topological polar surface area (TPSA) is 71.3 Å². The third kappa shape index (κ3) is 4.73. The highest BCUT2D eigenvalue weighted by Crippen LogP contribution is 2.21. The van der Waals surface area contributed by atoms with Crippen LogP contribution in [0.5, 0.6) is 0 Å². The van der Waals surface area contributed by atoms with E-state index in [1.165, 1.54) is 12.3 Å². The minimum Gasteiger partial charge on any atom is -0.459 e. The van der Waals surface area contributed by atoms with Crippen molar-refractivity contribution in [2.45, 2.75) is 4.90 Å². The van der Waals surface area contributed by atoms with E-state index < -0.39 is 0 Å². The zero-order valence-electron chi connectivity index (χ0n) is 13.6. The quantitative estimate of drug-likeness (QED) is 0.631. The van der Waals surface area contributed by atoms with Gasteiger partial charge in [-0.1, -0.05) is 12.1 Å². The van der Waals surface area contributed by atoms with E-state index in [0.29, 0.717) is 16.3 Å². The SMILES string of the molecule is O=C(CSc1ccccc1F)Nc1ccc(NC(=O)c2ccco2)cc1. The van der Waals surface area contributed by atoms with Crippen LogP contribution in [-0.4, -0.2) is 17.6 Å². The molecular weight excluding hydrogens is 355 g/mol. The number of halogens is 1. The maximum absolute atomic E-state index is 13.5. The summed E-state index contributed by atoms with van der Waals surface area (Å²) in [6.45, 7) is 0. The number of anilines is 2. The highest BCUT2D eigenvalue weighted by atomic mass is 32.2. The van der Waals surface area contributed by atoms with E-state index in [2.05, 4.69) is 10.6 Å². The van der Waals surface area contributed by atoms with Gasteiger partial charge in [0.05, 0.1) is 12.0 Å². The van der Waals surface area contributed by atoms with Crippen molar-refractivity contribution in [3.05, 3.63) is 78.5 Å². The van der Waals surface area contributed by atoms with Gasteiger partial charge in [-0.3, -0.25) is 9.59 Å². The summed E-state index contributed by atoms with van der Waals surface area (Å²) in [5.41, 5.74) is 1.16. The molecule has 2 amide bonds. The van der Waals surface area contributed by atoms with Gasteiger partial charge in [-0.15, -0.1) is 11.8 Å². The normalized spacial score (nSPS) is 10.3. The molecule has 0 unspecified atom stereocenters. The van der Waals surface area contributed by atoms with Crippen LogP contribution in [0, 0.1) is 5.82 Å². The molecule has 1 aromatic heterocycles. The van der Waals surface area contributed by atoms with Crippen LogP contribution < -0.4 is 10.6 Å². The standard InChI is InChI=1S/C19H15FN2O3S/c20-15-4-1-2-6-17(15)26-12-18(23)21-13-7-9-14(10-8-13)22-19(24)16-5-3-11-25-16/h1-11H,12H2,(H,21,23)(H,22,24). The fourth-order valence-corrected chi connectivity index (χ4v) is 2.88. The number of rotatable bonds is 6. The molecule has 2 N–H and O–H groups in total. The summed E-state index contributed by atoms with van der Waals surface area (Å²) < 4.78 is 18.5. The van der Waals surface area contributed by atoms with Crippen molar-refractivity contribution in [3.8, 4) is 0 Å². The smallest absolute Gasteiger partial charge is 0.291 e. The first-order valence-corrected chi connectivity index (χ1v) is 8.72. The van der Waals surface area contributed by atoms with Crippen LogP contribution in [0.25, 0.3) is 0 Å². The number of carbonyl (C=O) groups is 2. The number of hydrogen-bond acceptors (Lipinski definition) is 4. The average molecular weight is 370 g/mol. The molecule has 0 aliphatic heterocycles. The first-order chi connectivity index (χ1) is 12.6. The lowest BCUT2D eigenvalue weighted by Gasteiger charge is -2.07. The highest BCUT2D eigenvalue weighted by molar-refractivity contribution is 8.00. The molecule has 2 aromatic carbocycles. The van der Waals surface area contributed by atoms with E-state index in [9.17, 15) is 14.0 Å². The van der Waals surface area contributed by atoms with Crippen LogP contribution in [-0.2, 0) is 4.79 Å². The Hall–Kier alpha value is -3.06. The summed E-state index contributed by atoms with van der Waals surface area (Å²) >= 11 is 1.13. The van der Waals surface area contributed by atoms with Crippen LogP contribution in [0.15, 0.2) is 76.2 Å². The van der Waals surface area contributed by atoms with Crippen LogP contribution in [0.2, 0.25) is 0 Å². The van der Waals surface area contributed by atoms with Gasteiger partial charge in [-0.25, -0.2) is 4.39 Å². The maximum Gasteiger partial charge on any atom is 0.291 e. The molecule has 3 aromatic rings. The molecule has 132 valence electrons. The Kier molecular flexibility index (Phi) is 5.70. The number of hydrogen-bond donors (Lipinski definition) is 2. The van der Waals surface area contributed by atoms with E-state index in [4.69, 9.17) is 4.42 Å². The zero-order chi connectivity index (χ0) is 18.4. The number of thioether (sulfide) groups is 1. The molecule has 5 nitrogen and oxygen atoms in total. The largest absolute Gasteiger partial charge is 0.459 e. The number of nitrogens with one attached hydrogen (secondary N) is 2. The number of amides is 2. The molecule has 0 spiro atoms. The van der Waals surface area contributed by atoms with Gasteiger partial charge in [0.2, 0.25) is 5.91 Å². The lowest BCUT2D eigenvalue weighted by atomic mass is 10.2. The van der Waals surface area contributed by atoms with Gasteiger partial charge >= 0.3 is 0 Å². The van der Waals surface area contributed by atoms with Gasteiger partial charge in [0.25, 0.3) is 5.91 Å². The molecule has 0 atom stereocenters. The molecule has 0 bridgehead atoms. The number of benzene rings is 2. The van der Waals surface area contributed by atoms with E-state index in [-0.39, 0.29) is 29.1 Å². The Bertz CT molecular complexity index is 895. The average Bonchev–Trinajstić information content (AvgIpc) is 3.17. The fourth-order valence-electron chi connectivity index (χ4n) is 2.14. The molecule has 0 saturated heterocycles. The predicted octanol–water partition coefficient (Wildman–Crippen LogP) is 4.40. The third-order valence-corrected chi connectivity index (χ3v) is 4.42. The summed E-state index contributed by atoms with van der Waals surface area (Å²) in [4.78, 5) is 24.3. The van der Waals surface area contributed by atoms with Crippen molar-refractivity contribution in [2.24, 2.45) is 0 Å². The molecule has 0 aliphatic carbocycles. The number of furan rings is 1. The summed E-state index contributed by atoms with van der Waals surface area (Å²) in [5.74, 6) is -0.633. The van der Waals surface area contributed by atoms with Crippen molar-refractivity contribution in [3.63, 3.8) is 0 Å². The van der Waals surface area contributed by atoms with E-state index in [0.717, 1.165) is 11.8 Å². The third-order valence-electron chi connectivity index (χ3n) is 3.37. The Morgan fingerprint density at radius 2 is 1.62 bits per heavy atom. The van der Waals surface area contributed by atoms with Crippen molar-refractivity contribution in [2.75, 3.05) is 16.4 Å². The van der Waals surface area contributed by atoms with E-state index in [1.807, 2.05) is 0 Å². The lowest BCUT2D eigenvalue weighted by Crippen LogP contribution is -2.14. The molecule has 1 heterocycles. The van der Waals surface area contributed by atoms with Gasteiger partial charge in [-0.05, 0) is 48.5 Å². The Labute approximate surface area is 153 Å². The second-order valence-corrected chi connectivity index (χ2v) is 6.29. The minimum atomic E-state index is -0.354. The highest BCUT2D eigenvalue weighted by Gasteiger charge is 2.09. The van der Waals surface area contributed by atoms with Gasteiger partial charge < -0.3 is 15.1 Å². The first kappa shape index (κ1) is 17.8. The van der Waals surface area contributed by atoms with Crippen molar-refractivity contribution < 1.29 is 18.4 Å². The molecule has 0 aliphatic rings. The summed E-state index contributed by atoms with van der Waals surface area (Å²) in [5, 5.41) is 5.41. The Balaban J connectivity index is 1.51. The van der Waals surface area contributed by atoms with Crippen molar-refractivity contribution in [1.82, 2.24) is 0 Å². The molecule has 7 heteroatoms. The molecule has 0 fully saturated rings. The predicted molar refractivity (Wildman–Crippen MR) is 98.9 cm³/mol. The number of carbonyl (C=O) groups excluding carboxylic acids is 2. The lowest BCUT2D eigenvalue weighted by molar-refractivity contribution is -0.113. The molecule has 0 radical (unpaired) electrons. The summed E-state index contributed by atoms with van der Waals surface area (Å²) in [6.07, 6.45) is 1.42. The Morgan fingerprint density at radius 1 is 0.923 bits per heavy atom. The fraction of sp³-hybridized carbons (Fsp3) is 0.0526. The Morgan fingerprint density at radius 3 is 2.27 bits per heavy atom. The monoisotopic (exact) mass is 370 g/mol. The van der Waals surface area contributed by atoms with Crippen molar-refractivity contribution >= 4 is 35.0 Å². The van der Waals surface area contributed by atoms with Crippen LogP contribution in [0.1, 0.15) is 10.6 Å². The van der Waals surface area contributed by atoms with E-state index >= 15 is 0 Å². The van der Waals surface area contributed by atoms with Gasteiger partial charge in [0.1, 0.15) is 5.82 Å². The molecular formula is C19H15FN2O3S. The van der Waals surface area contributed by atoms with E-state index in [1.54, 1.807) is 54.6 Å². The zero-order valence-corrected chi connectivity index (χ0v) is 14.4. The van der Waals surface area contributed by atoms with Crippen LogP contribution >= 0.6 is 11.8 Å². The maximum atomic E-state index is 13.5. The molecule has 0 saturated carbocycles. The minimum absolute atomic E-state index is 0.0952. The van der Waals surface area contributed by atoms with Gasteiger partial charge in [0.15, 0.2) is 5.76 Å². The second kappa shape index (κ2) is 8.35. The first-order valence-electron chi connectivity index (χ1n) is 7.74. The second-order valence-electron chi connectivity index (χ2n) is 5.28. The van der Waals surface area contributed by atoms with Gasteiger partial charge in [-0.2, -0.15) is 0 Å². The summed E-state index contributed by atoms with van der Waals surface area (Å²) in [7, 11) is 0. The van der Waals surface area contributed by atoms with Crippen molar-refractivity contribution in [1.29, 1.82) is 0 Å². The molecule has 26 heavy (non-hydrogen) atoms. The molecule has 3 rings (SSSR count). The van der Waals surface area contributed by atoms with Crippen LogP contribution in [0.3, 0.4) is 0 Å². The van der Waals surface area contributed by atoms with Crippen LogP contribution in [0.4, 0.5) is 15.8 Å².